The Morgan fingerprint density at radius 1 is 1.29 bits per heavy atom. The zero-order valence-electron chi connectivity index (χ0n) is 16.7. The molecule has 1 aromatic rings. The van der Waals surface area contributed by atoms with Crippen LogP contribution >= 0.6 is 24.0 Å². The summed E-state index contributed by atoms with van der Waals surface area (Å²) in [6.45, 7) is 4.62. The normalized spacial score (nSPS) is 24.6. The molecule has 3 rings (SSSR count). The lowest BCUT2D eigenvalue weighted by Gasteiger charge is -2.30. The van der Waals surface area contributed by atoms with Gasteiger partial charge >= 0.3 is 0 Å². The summed E-state index contributed by atoms with van der Waals surface area (Å²) in [5, 5.41) is 20.4. The van der Waals surface area contributed by atoms with Crippen LogP contribution in [0, 0.1) is 5.92 Å². The molecule has 3 atom stereocenters. The monoisotopic (exact) mass is 504 g/mol. The van der Waals surface area contributed by atoms with Crippen LogP contribution in [0.2, 0.25) is 0 Å². The molecule has 1 heterocycles. The van der Waals surface area contributed by atoms with Crippen molar-refractivity contribution in [1.29, 1.82) is 0 Å². The van der Waals surface area contributed by atoms with Gasteiger partial charge in [-0.3, -0.25) is 4.79 Å². The largest absolute Gasteiger partial charge is 0.466 e. The predicted octanol–water partition coefficient (Wildman–Crippen LogP) is 2.50. The Kier molecular flexibility index (Phi) is 8.60. The summed E-state index contributed by atoms with van der Waals surface area (Å²) >= 11 is 0. The Hall–Kier alpha value is -1.29. The number of nitrogens with one attached hydrogen (secondary N) is 3. The fourth-order valence-electron chi connectivity index (χ4n) is 3.52. The molecule has 158 valence electrons. The smallest absolute Gasteiger partial charge is 0.223 e. The lowest BCUT2D eigenvalue weighted by Crippen LogP contribution is -2.47. The van der Waals surface area contributed by atoms with Crippen LogP contribution in [0.15, 0.2) is 27.8 Å². The molecule has 0 aliphatic heterocycles. The van der Waals surface area contributed by atoms with Gasteiger partial charge in [0.15, 0.2) is 5.96 Å². The fraction of sp³-hybridized carbons (Fsp3) is 0.700. The summed E-state index contributed by atoms with van der Waals surface area (Å²) < 4.78 is 5.31. The van der Waals surface area contributed by atoms with E-state index in [1.807, 2.05) is 6.92 Å². The summed E-state index contributed by atoms with van der Waals surface area (Å²) in [6.07, 6.45) is 7.61. The van der Waals surface area contributed by atoms with E-state index in [0.717, 1.165) is 45.1 Å². The van der Waals surface area contributed by atoms with Gasteiger partial charge in [0.1, 0.15) is 11.4 Å². The van der Waals surface area contributed by atoms with E-state index in [1.54, 1.807) is 25.3 Å². The van der Waals surface area contributed by atoms with Crippen molar-refractivity contribution in [3.05, 3.63) is 24.2 Å². The molecule has 0 radical (unpaired) electrons. The van der Waals surface area contributed by atoms with Crippen molar-refractivity contribution in [3.8, 4) is 0 Å². The predicted molar refractivity (Wildman–Crippen MR) is 120 cm³/mol. The molecule has 4 N–H and O–H groups in total. The Morgan fingerprint density at radius 2 is 2.07 bits per heavy atom. The quantitative estimate of drug-likeness (QED) is 0.260. The number of aliphatic imine (C=N–C) groups is 1. The highest BCUT2D eigenvalue weighted by molar-refractivity contribution is 14.0. The lowest BCUT2D eigenvalue weighted by atomic mass is 9.85. The van der Waals surface area contributed by atoms with E-state index < -0.39 is 5.60 Å². The molecule has 2 aliphatic carbocycles. The third kappa shape index (κ3) is 6.65. The molecular weight excluding hydrogens is 471 g/mol. The first-order chi connectivity index (χ1) is 13.0. The van der Waals surface area contributed by atoms with E-state index in [2.05, 4.69) is 20.9 Å². The maximum atomic E-state index is 12.4. The molecule has 2 saturated carbocycles. The van der Waals surface area contributed by atoms with Gasteiger partial charge in [0.05, 0.1) is 12.8 Å². The third-order valence-corrected chi connectivity index (χ3v) is 5.25. The molecule has 3 unspecified atom stereocenters. The highest BCUT2D eigenvalue weighted by Crippen LogP contribution is 2.27. The molecule has 0 bridgehead atoms. The molecule has 0 spiro atoms. The number of aliphatic hydroxyl groups is 1. The van der Waals surface area contributed by atoms with Crippen molar-refractivity contribution in [3.63, 3.8) is 0 Å². The van der Waals surface area contributed by atoms with Gasteiger partial charge in [-0.2, -0.15) is 0 Å². The number of carbonyl (C=O) groups is 1. The first kappa shape index (κ1) is 23.0. The molecule has 7 nitrogen and oxygen atoms in total. The van der Waals surface area contributed by atoms with Crippen LogP contribution in [-0.2, 0) is 10.4 Å². The molecule has 28 heavy (non-hydrogen) atoms. The van der Waals surface area contributed by atoms with Gasteiger partial charge in [-0.25, -0.2) is 4.99 Å². The van der Waals surface area contributed by atoms with E-state index in [4.69, 9.17) is 4.42 Å². The number of rotatable bonds is 7. The van der Waals surface area contributed by atoms with Gasteiger partial charge in [0.2, 0.25) is 5.91 Å². The molecule has 8 heteroatoms. The first-order valence-corrected chi connectivity index (χ1v) is 10.1. The Labute approximate surface area is 184 Å². The van der Waals surface area contributed by atoms with Crippen molar-refractivity contribution in [1.82, 2.24) is 16.0 Å². The van der Waals surface area contributed by atoms with E-state index in [9.17, 15) is 9.90 Å². The fourth-order valence-corrected chi connectivity index (χ4v) is 3.52. The van der Waals surface area contributed by atoms with Crippen LogP contribution in [0.1, 0.15) is 58.1 Å². The number of hydrogen-bond acceptors (Lipinski definition) is 4. The highest BCUT2D eigenvalue weighted by Gasteiger charge is 2.32. The molecule has 1 aromatic heterocycles. The second kappa shape index (κ2) is 10.5. The number of nitrogens with zero attached hydrogens (tertiary/aromatic N) is 1. The van der Waals surface area contributed by atoms with Gasteiger partial charge < -0.3 is 25.5 Å². The zero-order chi connectivity index (χ0) is 19.3. The van der Waals surface area contributed by atoms with Crippen molar-refractivity contribution >= 4 is 35.8 Å². The minimum atomic E-state index is -1.16. The lowest BCUT2D eigenvalue weighted by molar-refractivity contribution is -0.126. The molecular formula is C20H33IN4O3. The zero-order valence-corrected chi connectivity index (χ0v) is 19.1. The van der Waals surface area contributed by atoms with E-state index in [0.29, 0.717) is 17.8 Å². The van der Waals surface area contributed by atoms with Gasteiger partial charge in [0, 0.05) is 24.5 Å². The maximum Gasteiger partial charge on any atom is 0.223 e. The number of guanidine groups is 1. The minimum Gasteiger partial charge on any atom is -0.466 e. The second-order valence-electron chi connectivity index (χ2n) is 7.93. The number of carbonyl (C=O) groups excluding carboxylic acids is 1. The Bertz CT molecular complexity index is 644. The van der Waals surface area contributed by atoms with Crippen molar-refractivity contribution in [2.45, 2.75) is 70.1 Å². The number of furan rings is 1. The van der Waals surface area contributed by atoms with E-state index in [-0.39, 0.29) is 48.4 Å². The average Bonchev–Trinajstić information content (AvgIpc) is 3.27. The molecule has 0 aromatic carbocycles. The Balaban J connectivity index is 0.00000280. The van der Waals surface area contributed by atoms with Crippen LogP contribution in [0.4, 0.5) is 0 Å². The van der Waals surface area contributed by atoms with Crippen molar-refractivity contribution in [2.75, 3.05) is 13.1 Å². The molecule has 2 fully saturated rings. The summed E-state index contributed by atoms with van der Waals surface area (Å²) in [6, 6.07) is 4.12. The van der Waals surface area contributed by atoms with Crippen molar-refractivity contribution < 1.29 is 14.3 Å². The molecule has 0 saturated heterocycles. The topological polar surface area (TPSA) is 98.9 Å². The third-order valence-electron chi connectivity index (χ3n) is 5.25. The van der Waals surface area contributed by atoms with Gasteiger partial charge in [0.25, 0.3) is 0 Å². The van der Waals surface area contributed by atoms with Gasteiger partial charge in [-0.1, -0.05) is 6.42 Å². The SMILES string of the molecule is CCNC(=NCC(C)(O)c1ccco1)NC1CCCC(C(=O)NC2CC2)C1.I. The number of halogens is 1. The molecule has 1 amide bonds. The minimum absolute atomic E-state index is 0. The average molecular weight is 504 g/mol. The van der Waals surface area contributed by atoms with Crippen LogP contribution in [0.3, 0.4) is 0 Å². The molecule has 2 aliphatic rings. The van der Waals surface area contributed by atoms with Gasteiger partial charge in [-0.15, -0.1) is 24.0 Å². The van der Waals surface area contributed by atoms with Crippen molar-refractivity contribution in [2.24, 2.45) is 10.9 Å². The highest BCUT2D eigenvalue weighted by atomic mass is 127. The van der Waals surface area contributed by atoms with Crippen LogP contribution < -0.4 is 16.0 Å². The summed E-state index contributed by atoms with van der Waals surface area (Å²) in [4.78, 5) is 16.9. The van der Waals surface area contributed by atoms with Crippen LogP contribution in [-0.4, -0.2) is 42.1 Å². The van der Waals surface area contributed by atoms with Gasteiger partial charge in [-0.05, 0) is 58.1 Å². The standard InChI is InChI=1S/C20H32N4O3.HI/c1-3-21-19(22-13-20(2,26)17-8-5-11-27-17)24-16-7-4-6-14(12-16)18(25)23-15-9-10-15;/h5,8,11,14-16,26H,3-4,6-7,9-10,12-13H2,1-2H3,(H,23,25)(H2,21,22,24);1H. The van der Waals surface area contributed by atoms with Crippen LogP contribution in [0.25, 0.3) is 0 Å². The summed E-state index contributed by atoms with van der Waals surface area (Å²) in [7, 11) is 0. The Morgan fingerprint density at radius 3 is 2.71 bits per heavy atom. The van der Waals surface area contributed by atoms with Crippen LogP contribution in [0.5, 0.6) is 0 Å². The first-order valence-electron chi connectivity index (χ1n) is 10.1. The maximum absolute atomic E-state index is 12.4. The van der Waals surface area contributed by atoms with E-state index in [1.165, 1.54) is 0 Å². The second-order valence-corrected chi connectivity index (χ2v) is 7.93. The summed E-state index contributed by atoms with van der Waals surface area (Å²) in [5.74, 6) is 1.44. The van der Waals surface area contributed by atoms with E-state index >= 15 is 0 Å². The number of hydrogen-bond donors (Lipinski definition) is 4. The number of amides is 1. The summed E-state index contributed by atoms with van der Waals surface area (Å²) in [5.41, 5.74) is -1.16.